The highest BCUT2D eigenvalue weighted by Gasteiger charge is 2.34. The van der Waals surface area contributed by atoms with E-state index in [1.165, 1.54) is 20.3 Å². The number of carbonyl (C=O) groups is 2. The molecule has 1 fully saturated rings. The predicted octanol–water partition coefficient (Wildman–Crippen LogP) is 4.87. The SMILES string of the molecule is COc1cc(OC)cc(C(=O)N2CCC(C(=O)Nc3ccc(Cl)c(C(F)(F)F)c3)CC2)c1. The summed E-state index contributed by atoms with van der Waals surface area (Å²) < 4.78 is 49.5. The number of alkyl halides is 3. The second-order valence-electron chi connectivity index (χ2n) is 7.35. The molecule has 0 radical (unpaired) electrons. The van der Waals surface area contributed by atoms with Gasteiger partial charge in [-0.05, 0) is 43.2 Å². The lowest BCUT2D eigenvalue weighted by atomic mass is 9.95. The smallest absolute Gasteiger partial charge is 0.417 e. The summed E-state index contributed by atoms with van der Waals surface area (Å²) in [7, 11) is 2.98. The summed E-state index contributed by atoms with van der Waals surface area (Å²) in [5.74, 6) is -0.0561. The van der Waals surface area contributed by atoms with E-state index in [1.54, 1.807) is 23.1 Å². The molecule has 0 saturated carbocycles. The van der Waals surface area contributed by atoms with Gasteiger partial charge in [-0.25, -0.2) is 0 Å². The van der Waals surface area contributed by atoms with Crippen LogP contribution in [0.5, 0.6) is 11.5 Å². The van der Waals surface area contributed by atoms with Gasteiger partial charge in [0.05, 0.1) is 24.8 Å². The Kier molecular flexibility index (Phi) is 7.18. The minimum atomic E-state index is -4.62. The summed E-state index contributed by atoms with van der Waals surface area (Å²) in [5, 5.41) is 2.09. The third kappa shape index (κ3) is 5.45. The molecule has 2 amide bonds. The molecule has 6 nitrogen and oxygen atoms in total. The highest BCUT2D eigenvalue weighted by molar-refractivity contribution is 6.31. The fraction of sp³-hybridized carbons (Fsp3) is 0.364. The highest BCUT2D eigenvalue weighted by Crippen LogP contribution is 2.36. The molecule has 0 aromatic heterocycles. The summed E-state index contributed by atoms with van der Waals surface area (Å²) in [6.45, 7) is 0.676. The van der Waals surface area contributed by atoms with Gasteiger partial charge < -0.3 is 19.7 Å². The summed E-state index contributed by atoms with van der Waals surface area (Å²) >= 11 is 5.61. The Morgan fingerprint density at radius 3 is 2.16 bits per heavy atom. The quantitative estimate of drug-likeness (QED) is 0.677. The van der Waals surface area contributed by atoms with Crippen molar-refractivity contribution in [2.45, 2.75) is 19.0 Å². The lowest BCUT2D eigenvalue weighted by Gasteiger charge is -2.31. The number of methoxy groups -OCH3 is 2. The van der Waals surface area contributed by atoms with Gasteiger partial charge in [0.25, 0.3) is 5.91 Å². The third-order valence-corrected chi connectivity index (χ3v) is 5.62. The average molecular weight is 471 g/mol. The average Bonchev–Trinajstić information content (AvgIpc) is 2.78. The minimum absolute atomic E-state index is 0.0220. The van der Waals surface area contributed by atoms with Crippen LogP contribution < -0.4 is 14.8 Å². The molecule has 0 aliphatic carbocycles. The van der Waals surface area contributed by atoms with Crippen LogP contribution in [-0.2, 0) is 11.0 Å². The first-order valence-electron chi connectivity index (χ1n) is 9.82. The molecule has 0 unspecified atom stereocenters. The fourth-order valence-corrected chi connectivity index (χ4v) is 3.75. The van der Waals surface area contributed by atoms with Gasteiger partial charge in [0.2, 0.25) is 5.91 Å². The number of piperidine rings is 1. The van der Waals surface area contributed by atoms with E-state index < -0.39 is 28.6 Å². The van der Waals surface area contributed by atoms with Gasteiger partial charge >= 0.3 is 6.18 Å². The number of hydrogen-bond donors (Lipinski definition) is 1. The van der Waals surface area contributed by atoms with Gasteiger partial charge in [-0.2, -0.15) is 13.2 Å². The van der Waals surface area contributed by atoms with E-state index in [0.717, 1.165) is 12.1 Å². The molecule has 2 aromatic carbocycles. The van der Waals surface area contributed by atoms with Crippen molar-refractivity contribution in [3.8, 4) is 11.5 Å². The Morgan fingerprint density at radius 2 is 1.62 bits per heavy atom. The number of carbonyl (C=O) groups excluding carboxylic acids is 2. The topological polar surface area (TPSA) is 67.9 Å². The van der Waals surface area contributed by atoms with Gasteiger partial charge in [0, 0.05) is 36.3 Å². The Morgan fingerprint density at radius 1 is 1.03 bits per heavy atom. The molecule has 1 N–H and O–H groups in total. The fourth-order valence-electron chi connectivity index (χ4n) is 3.52. The first-order chi connectivity index (χ1) is 15.1. The maximum atomic E-state index is 13.0. The number of benzene rings is 2. The van der Waals surface area contributed by atoms with Gasteiger partial charge in [0.1, 0.15) is 11.5 Å². The largest absolute Gasteiger partial charge is 0.497 e. The number of halogens is 4. The summed E-state index contributed by atoms with van der Waals surface area (Å²) in [5.41, 5.74) is -0.579. The van der Waals surface area contributed by atoms with Crippen LogP contribution in [0.25, 0.3) is 0 Å². The number of nitrogens with zero attached hydrogens (tertiary/aromatic N) is 1. The highest BCUT2D eigenvalue weighted by atomic mass is 35.5. The van der Waals surface area contributed by atoms with Crippen molar-refractivity contribution < 1.29 is 32.2 Å². The van der Waals surface area contributed by atoms with Crippen LogP contribution in [0.1, 0.15) is 28.8 Å². The van der Waals surface area contributed by atoms with E-state index in [4.69, 9.17) is 21.1 Å². The van der Waals surface area contributed by atoms with Gasteiger partial charge in [0.15, 0.2) is 0 Å². The minimum Gasteiger partial charge on any atom is -0.497 e. The third-order valence-electron chi connectivity index (χ3n) is 5.29. The zero-order chi connectivity index (χ0) is 23.5. The van der Waals surface area contributed by atoms with E-state index >= 15 is 0 Å². The normalized spacial score (nSPS) is 14.8. The molecule has 3 rings (SSSR count). The monoisotopic (exact) mass is 470 g/mol. The molecule has 32 heavy (non-hydrogen) atoms. The number of rotatable bonds is 5. The number of amides is 2. The standard InChI is InChI=1S/C22H22ClF3N2O4/c1-31-16-9-14(10-17(12-16)32-2)21(30)28-7-5-13(6-8-28)20(29)27-15-3-4-19(23)18(11-15)22(24,25)26/h3-4,9-13H,5-8H2,1-2H3,(H,27,29). The molecule has 1 aliphatic heterocycles. The van der Waals surface area contributed by atoms with Crippen molar-refractivity contribution in [2.75, 3.05) is 32.6 Å². The summed E-state index contributed by atoms with van der Waals surface area (Å²) in [6, 6.07) is 8.13. The number of likely N-dealkylation sites (tertiary alicyclic amines) is 1. The van der Waals surface area contributed by atoms with Crippen molar-refractivity contribution in [1.29, 1.82) is 0 Å². The zero-order valence-corrected chi connectivity index (χ0v) is 18.2. The van der Waals surface area contributed by atoms with Crippen molar-refractivity contribution in [2.24, 2.45) is 5.92 Å². The molecule has 2 aromatic rings. The molecule has 0 atom stereocenters. The predicted molar refractivity (Wildman–Crippen MR) is 113 cm³/mol. The molecule has 1 aliphatic rings. The molecular formula is C22H22ClF3N2O4. The van der Waals surface area contributed by atoms with E-state index in [-0.39, 0.29) is 11.6 Å². The van der Waals surface area contributed by atoms with Crippen molar-refractivity contribution in [3.63, 3.8) is 0 Å². The molecular weight excluding hydrogens is 449 g/mol. The van der Waals surface area contributed by atoms with Crippen LogP contribution in [0.4, 0.5) is 18.9 Å². The molecule has 10 heteroatoms. The Balaban J connectivity index is 1.62. The van der Waals surface area contributed by atoms with E-state index in [2.05, 4.69) is 5.32 Å². The number of anilines is 1. The second-order valence-corrected chi connectivity index (χ2v) is 7.76. The first-order valence-corrected chi connectivity index (χ1v) is 10.2. The second kappa shape index (κ2) is 9.68. The van der Waals surface area contributed by atoms with Crippen LogP contribution in [0, 0.1) is 5.92 Å². The van der Waals surface area contributed by atoms with Crippen LogP contribution in [0.3, 0.4) is 0 Å². The Labute approximate surface area is 188 Å². The van der Waals surface area contributed by atoms with E-state index in [0.29, 0.717) is 43.0 Å². The number of hydrogen-bond acceptors (Lipinski definition) is 4. The molecule has 1 saturated heterocycles. The van der Waals surface area contributed by atoms with Crippen LogP contribution in [0.15, 0.2) is 36.4 Å². The zero-order valence-electron chi connectivity index (χ0n) is 17.5. The number of ether oxygens (including phenoxy) is 2. The van der Waals surface area contributed by atoms with Crippen LogP contribution in [-0.4, -0.2) is 44.0 Å². The van der Waals surface area contributed by atoms with Crippen LogP contribution in [0.2, 0.25) is 5.02 Å². The van der Waals surface area contributed by atoms with Gasteiger partial charge in [-0.15, -0.1) is 0 Å². The maximum Gasteiger partial charge on any atom is 0.417 e. The first kappa shape index (κ1) is 23.7. The van der Waals surface area contributed by atoms with Crippen molar-refractivity contribution in [1.82, 2.24) is 4.90 Å². The van der Waals surface area contributed by atoms with Gasteiger partial charge in [-0.1, -0.05) is 11.6 Å². The lowest BCUT2D eigenvalue weighted by molar-refractivity contribution is -0.137. The summed E-state index contributed by atoms with van der Waals surface area (Å²) in [6.07, 6.45) is -3.84. The Bertz CT molecular complexity index is 983. The maximum absolute atomic E-state index is 13.0. The van der Waals surface area contributed by atoms with Crippen molar-refractivity contribution in [3.05, 3.63) is 52.5 Å². The molecule has 172 valence electrons. The van der Waals surface area contributed by atoms with Gasteiger partial charge in [-0.3, -0.25) is 9.59 Å². The molecule has 0 bridgehead atoms. The van der Waals surface area contributed by atoms with E-state index in [1.807, 2.05) is 0 Å². The van der Waals surface area contributed by atoms with Crippen LogP contribution >= 0.6 is 11.6 Å². The number of nitrogens with one attached hydrogen (secondary N) is 1. The molecule has 1 heterocycles. The Hall–Kier alpha value is -2.94. The van der Waals surface area contributed by atoms with Crippen molar-refractivity contribution >= 4 is 29.1 Å². The van der Waals surface area contributed by atoms with E-state index in [9.17, 15) is 22.8 Å². The summed E-state index contributed by atoms with van der Waals surface area (Å²) in [4.78, 5) is 27.1. The lowest BCUT2D eigenvalue weighted by Crippen LogP contribution is -2.41. The molecule has 0 spiro atoms.